The van der Waals surface area contributed by atoms with Gasteiger partial charge in [0.25, 0.3) is 5.78 Å². The predicted octanol–water partition coefficient (Wildman–Crippen LogP) is 3.80. The van der Waals surface area contributed by atoms with Crippen molar-refractivity contribution in [3.8, 4) is 0 Å². The number of rotatable bonds is 4. The number of carbonyl (C=O) groups is 4. The molecule has 8 nitrogen and oxygen atoms in total. The number of halogens is 1. The summed E-state index contributed by atoms with van der Waals surface area (Å²) in [5.74, 6) is -4.30. The highest BCUT2D eigenvalue weighted by Gasteiger charge is 2.77. The summed E-state index contributed by atoms with van der Waals surface area (Å²) in [6.45, 7) is 5.51. The van der Waals surface area contributed by atoms with Gasteiger partial charge in [-0.2, -0.15) is 0 Å². The Labute approximate surface area is 220 Å². The topological polar surface area (TPSA) is 120 Å². The van der Waals surface area contributed by atoms with Gasteiger partial charge in [-0.05, 0) is 61.8 Å². The number of methoxy groups -OCH3 is 1. The van der Waals surface area contributed by atoms with E-state index in [2.05, 4.69) is 0 Å². The molecule has 1 N–H and O–H groups in total. The van der Waals surface area contributed by atoms with Gasteiger partial charge in [0.15, 0.2) is 11.4 Å². The summed E-state index contributed by atoms with van der Waals surface area (Å²) >= 11 is 7.46. The molecule has 9 heteroatoms. The van der Waals surface area contributed by atoms with E-state index < -0.39 is 51.0 Å². The third kappa shape index (κ3) is 3.18. The number of carbonyl (C=O) groups excluding carboxylic acids is 4. The van der Waals surface area contributed by atoms with Gasteiger partial charge < -0.3 is 19.0 Å². The van der Waals surface area contributed by atoms with Gasteiger partial charge in [0.2, 0.25) is 5.76 Å². The van der Waals surface area contributed by atoms with Gasteiger partial charge >= 0.3 is 11.9 Å². The van der Waals surface area contributed by atoms with Crippen LogP contribution in [0.3, 0.4) is 0 Å². The van der Waals surface area contributed by atoms with E-state index in [0.29, 0.717) is 19.3 Å². The van der Waals surface area contributed by atoms with Crippen LogP contribution in [0.25, 0.3) is 0 Å². The molecule has 4 aliphatic carbocycles. The number of hydrogen-bond donors (Lipinski definition) is 1. The summed E-state index contributed by atoms with van der Waals surface area (Å²) in [5, 5.41) is 11.8. The fourth-order valence-corrected chi connectivity index (χ4v) is 8.64. The Kier molecular flexibility index (Phi) is 5.88. The molecule has 0 amide bonds. The van der Waals surface area contributed by atoms with E-state index in [1.807, 2.05) is 6.92 Å². The first-order chi connectivity index (χ1) is 17.4. The lowest BCUT2D eigenvalue weighted by Gasteiger charge is -2.63. The lowest BCUT2D eigenvalue weighted by Crippen LogP contribution is -2.70. The van der Waals surface area contributed by atoms with Crippen LogP contribution in [0.5, 0.6) is 0 Å². The van der Waals surface area contributed by atoms with Crippen LogP contribution in [0.15, 0.2) is 46.6 Å². The van der Waals surface area contributed by atoms with E-state index in [1.54, 1.807) is 26.0 Å². The number of aliphatic hydroxyl groups excluding tert-OH is 1. The smallest absolute Gasteiger partial charge is 0.378 e. The van der Waals surface area contributed by atoms with Crippen LogP contribution in [0.4, 0.5) is 0 Å². The van der Waals surface area contributed by atoms with Crippen LogP contribution >= 0.6 is 11.6 Å². The van der Waals surface area contributed by atoms with E-state index in [1.165, 1.54) is 24.5 Å². The fraction of sp³-hybridized carbons (Fsp3) is 0.571. The molecule has 0 saturated heterocycles. The second-order valence-corrected chi connectivity index (χ2v) is 12.0. The number of fused-ring (bicyclic) bond motifs is 5. The van der Waals surface area contributed by atoms with Crippen molar-refractivity contribution in [3.63, 3.8) is 0 Å². The zero-order valence-corrected chi connectivity index (χ0v) is 22.0. The zero-order chi connectivity index (χ0) is 27.0. The van der Waals surface area contributed by atoms with Crippen LogP contribution in [-0.4, -0.2) is 52.3 Å². The number of aliphatic hydroxyl groups is 1. The number of furan rings is 1. The number of ether oxygens (including phenoxy) is 2. The van der Waals surface area contributed by atoms with Crippen LogP contribution in [0.1, 0.15) is 57.0 Å². The minimum absolute atomic E-state index is 0.000826. The molecule has 8 atom stereocenters. The van der Waals surface area contributed by atoms with E-state index in [-0.39, 0.29) is 29.8 Å². The largest absolute Gasteiger partial charge is 0.463 e. The Morgan fingerprint density at radius 3 is 2.59 bits per heavy atom. The molecule has 5 rings (SSSR count). The predicted molar refractivity (Wildman–Crippen MR) is 132 cm³/mol. The first-order valence-electron chi connectivity index (χ1n) is 12.6. The van der Waals surface area contributed by atoms with Crippen molar-refractivity contribution in [2.24, 2.45) is 28.6 Å². The highest BCUT2D eigenvalue weighted by molar-refractivity contribution is 6.37. The molecule has 0 aromatic carbocycles. The number of ketones is 2. The van der Waals surface area contributed by atoms with E-state index in [4.69, 9.17) is 25.5 Å². The van der Waals surface area contributed by atoms with Gasteiger partial charge in [0, 0.05) is 16.7 Å². The monoisotopic (exact) mass is 530 g/mol. The summed E-state index contributed by atoms with van der Waals surface area (Å²) in [5.41, 5.74) is -2.93. The van der Waals surface area contributed by atoms with Crippen molar-refractivity contribution in [2.75, 3.05) is 7.11 Å². The molecule has 198 valence electrons. The number of esters is 2. The molecular formula is C28H31ClO8. The summed E-state index contributed by atoms with van der Waals surface area (Å²) in [4.78, 5) is 50.7. The number of hydrogen-bond acceptors (Lipinski definition) is 8. The summed E-state index contributed by atoms with van der Waals surface area (Å²) in [6, 6.07) is 2.95. The maximum Gasteiger partial charge on any atom is 0.378 e. The second kappa shape index (κ2) is 8.40. The highest BCUT2D eigenvalue weighted by Crippen LogP contribution is 2.72. The molecule has 1 aromatic rings. The lowest BCUT2D eigenvalue weighted by molar-refractivity contribution is -0.186. The minimum Gasteiger partial charge on any atom is -0.463 e. The lowest BCUT2D eigenvalue weighted by atomic mass is 9.45. The molecule has 0 spiro atoms. The summed E-state index contributed by atoms with van der Waals surface area (Å²) in [6.07, 6.45) is 6.68. The molecule has 3 saturated carbocycles. The van der Waals surface area contributed by atoms with Gasteiger partial charge in [-0.25, -0.2) is 9.59 Å². The standard InChI is InChI=1S/C28H31ClO8/c1-15-12-19-18-8-7-16-13-17(30)9-10-25(16,2)27(18,29)21(31)14-26(19,3)28(15,22(32)24(34)35-4)37-23(33)20-6-5-11-36-20/h5-6,9-11,13,15,18-19,21,31H,7-8,12,14H2,1-4H3/t15-,18+,19+,21+,25+,26+,27+,28+/m1/s1. The SMILES string of the molecule is COC(=O)C(=O)[C@@]1(OC(=O)c2ccco2)[C@H](C)C[C@H]2[C@@H]3CCC4=CC(=O)C=C[C@]4(C)[C@@]3(Cl)[C@@H](O)C[C@@]21C. The number of allylic oxidation sites excluding steroid dienone is 4. The van der Waals surface area contributed by atoms with Gasteiger partial charge in [0.1, 0.15) is 0 Å². The molecule has 0 radical (unpaired) electrons. The van der Waals surface area contributed by atoms with Gasteiger partial charge in [0.05, 0.1) is 24.4 Å². The summed E-state index contributed by atoms with van der Waals surface area (Å²) in [7, 11) is 1.10. The quantitative estimate of drug-likeness (QED) is 0.354. The number of alkyl halides is 1. The third-order valence-electron chi connectivity index (χ3n) is 9.87. The van der Waals surface area contributed by atoms with Crippen LogP contribution in [0.2, 0.25) is 0 Å². The summed E-state index contributed by atoms with van der Waals surface area (Å²) < 4.78 is 16.0. The van der Waals surface area contributed by atoms with Gasteiger partial charge in [-0.3, -0.25) is 9.59 Å². The molecular weight excluding hydrogens is 500 g/mol. The van der Waals surface area contributed by atoms with E-state index >= 15 is 0 Å². The molecule has 1 heterocycles. The Morgan fingerprint density at radius 1 is 1.22 bits per heavy atom. The molecule has 0 aliphatic heterocycles. The second-order valence-electron chi connectivity index (χ2n) is 11.3. The van der Waals surface area contributed by atoms with Crippen LogP contribution in [-0.2, 0) is 23.9 Å². The average Bonchev–Trinajstić information content (AvgIpc) is 3.47. The molecule has 4 aliphatic rings. The Hall–Kier alpha value is -2.71. The fourth-order valence-electron chi connectivity index (χ4n) is 8.11. The highest BCUT2D eigenvalue weighted by atomic mass is 35.5. The van der Waals surface area contributed by atoms with Crippen molar-refractivity contribution in [2.45, 2.75) is 63.0 Å². The Morgan fingerprint density at radius 2 is 1.95 bits per heavy atom. The maximum absolute atomic E-state index is 13.8. The molecule has 0 unspecified atom stereocenters. The van der Waals surface area contributed by atoms with Gasteiger partial charge in [-0.15, -0.1) is 11.6 Å². The molecule has 1 aromatic heterocycles. The van der Waals surface area contributed by atoms with Crippen molar-refractivity contribution in [3.05, 3.63) is 48.0 Å². The Bertz CT molecular complexity index is 1230. The third-order valence-corrected chi connectivity index (χ3v) is 10.8. The first kappa shape index (κ1) is 25.9. The van der Waals surface area contributed by atoms with Gasteiger partial charge in [-0.1, -0.05) is 32.4 Å². The number of Topliss-reactive ketones (excluding diaryl/α,β-unsaturated/α-hetero) is 1. The molecule has 0 bridgehead atoms. The maximum atomic E-state index is 13.8. The normalized spacial score (nSPS) is 42.2. The van der Waals surface area contributed by atoms with Crippen molar-refractivity contribution >= 4 is 35.1 Å². The zero-order valence-electron chi connectivity index (χ0n) is 21.3. The Balaban J connectivity index is 1.64. The molecule has 37 heavy (non-hydrogen) atoms. The van der Waals surface area contributed by atoms with E-state index in [9.17, 15) is 24.3 Å². The van der Waals surface area contributed by atoms with Crippen molar-refractivity contribution < 1.29 is 38.2 Å². The van der Waals surface area contributed by atoms with Crippen molar-refractivity contribution in [1.29, 1.82) is 0 Å². The first-order valence-corrected chi connectivity index (χ1v) is 13.0. The van der Waals surface area contributed by atoms with Crippen LogP contribution < -0.4 is 0 Å². The average molecular weight is 531 g/mol. The van der Waals surface area contributed by atoms with Crippen LogP contribution in [0, 0.1) is 28.6 Å². The minimum atomic E-state index is -1.90. The van der Waals surface area contributed by atoms with Crippen molar-refractivity contribution in [1.82, 2.24) is 0 Å². The molecule has 3 fully saturated rings. The van der Waals surface area contributed by atoms with E-state index in [0.717, 1.165) is 12.7 Å².